The standard InChI is InChI=1S/C20H19ClN2O3/c1-14(16-5-3-4-6-17(16)21)23-20(24)10-8-15-7-9-18(26-12-11-22)19(13-15)25-2/h3-10,13-14H,12H2,1-2H3,(H,23,24). The molecule has 2 aromatic rings. The predicted octanol–water partition coefficient (Wildman–Crippen LogP) is 4.14. The second-order valence-electron chi connectivity index (χ2n) is 5.44. The number of nitriles is 1. The second-order valence-corrected chi connectivity index (χ2v) is 5.85. The van der Waals surface area contributed by atoms with Crippen LogP contribution in [-0.2, 0) is 4.79 Å². The molecule has 1 atom stereocenters. The van der Waals surface area contributed by atoms with Crippen LogP contribution in [0, 0.1) is 11.3 Å². The molecule has 0 aliphatic carbocycles. The van der Waals surface area contributed by atoms with Gasteiger partial charge in [0.15, 0.2) is 18.1 Å². The lowest BCUT2D eigenvalue weighted by Gasteiger charge is -2.14. The molecule has 0 spiro atoms. The molecule has 1 unspecified atom stereocenters. The van der Waals surface area contributed by atoms with Crippen LogP contribution in [0.2, 0.25) is 5.02 Å². The SMILES string of the molecule is COc1cc(C=CC(=O)NC(C)c2ccccc2Cl)ccc1OCC#N. The van der Waals surface area contributed by atoms with Crippen LogP contribution in [0.3, 0.4) is 0 Å². The molecule has 26 heavy (non-hydrogen) atoms. The highest BCUT2D eigenvalue weighted by molar-refractivity contribution is 6.31. The Kier molecular flexibility index (Phi) is 7.07. The molecule has 0 aromatic heterocycles. The fraction of sp³-hybridized carbons (Fsp3) is 0.200. The van der Waals surface area contributed by atoms with Gasteiger partial charge in [0.25, 0.3) is 0 Å². The third-order valence-electron chi connectivity index (χ3n) is 3.64. The summed E-state index contributed by atoms with van der Waals surface area (Å²) in [5, 5.41) is 12.1. The van der Waals surface area contributed by atoms with Crippen molar-refractivity contribution in [2.24, 2.45) is 0 Å². The van der Waals surface area contributed by atoms with Gasteiger partial charge >= 0.3 is 0 Å². The fourth-order valence-electron chi connectivity index (χ4n) is 2.35. The number of nitrogens with one attached hydrogen (secondary N) is 1. The van der Waals surface area contributed by atoms with Crippen molar-refractivity contribution in [3.05, 3.63) is 64.7 Å². The van der Waals surface area contributed by atoms with E-state index in [2.05, 4.69) is 5.32 Å². The van der Waals surface area contributed by atoms with Gasteiger partial charge in [-0.25, -0.2) is 0 Å². The molecule has 0 saturated heterocycles. The van der Waals surface area contributed by atoms with E-state index >= 15 is 0 Å². The molecule has 0 saturated carbocycles. The monoisotopic (exact) mass is 370 g/mol. The van der Waals surface area contributed by atoms with Gasteiger partial charge in [-0.1, -0.05) is 35.9 Å². The lowest BCUT2D eigenvalue weighted by atomic mass is 10.1. The number of carbonyl (C=O) groups is 1. The molecule has 1 amide bonds. The molecule has 0 fully saturated rings. The van der Waals surface area contributed by atoms with E-state index in [0.29, 0.717) is 16.5 Å². The minimum atomic E-state index is -0.235. The van der Waals surface area contributed by atoms with Crippen LogP contribution < -0.4 is 14.8 Å². The molecule has 0 heterocycles. The van der Waals surface area contributed by atoms with Crippen molar-refractivity contribution in [1.82, 2.24) is 5.32 Å². The van der Waals surface area contributed by atoms with Gasteiger partial charge in [-0.15, -0.1) is 0 Å². The summed E-state index contributed by atoms with van der Waals surface area (Å²) in [6.07, 6.45) is 3.11. The molecule has 0 aliphatic heterocycles. The maximum Gasteiger partial charge on any atom is 0.244 e. The first-order chi connectivity index (χ1) is 12.5. The van der Waals surface area contributed by atoms with Crippen LogP contribution >= 0.6 is 11.6 Å². The average molecular weight is 371 g/mol. The average Bonchev–Trinajstić information content (AvgIpc) is 2.65. The maximum absolute atomic E-state index is 12.1. The maximum atomic E-state index is 12.1. The van der Waals surface area contributed by atoms with Crippen LogP contribution in [0.15, 0.2) is 48.5 Å². The van der Waals surface area contributed by atoms with Gasteiger partial charge in [0.2, 0.25) is 5.91 Å². The van der Waals surface area contributed by atoms with Gasteiger partial charge in [-0.2, -0.15) is 5.26 Å². The summed E-state index contributed by atoms with van der Waals surface area (Å²) in [4.78, 5) is 12.1. The lowest BCUT2D eigenvalue weighted by molar-refractivity contribution is -0.117. The Morgan fingerprint density at radius 2 is 2.08 bits per heavy atom. The van der Waals surface area contributed by atoms with Gasteiger partial charge in [-0.3, -0.25) is 4.79 Å². The molecular formula is C20H19ClN2O3. The van der Waals surface area contributed by atoms with E-state index in [9.17, 15) is 4.79 Å². The first-order valence-corrected chi connectivity index (χ1v) is 8.33. The molecule has 5 nitrogen and oxygen atoms in total. The van der Waals surface area contributed by atoms with Crippen molar-refractivity contribution >= 4 is 23.6 Å². The number of carbonyl (C=O) groups excluding carboxylic acids is 1. The van der Waals surface area contributed by atoms with Crippen molar-refractivity contribution in [2.75, 3.05) is 13.7 Å². The molecular weight excluding hydrogens is 352 g/mol. The van der Waals surface area contributed by atoms with E-state index in [-0.39, 0.29) is 18.6 Å². The number of benzene rings is 2. The van der Waals surface area contributed by atoms with Crippen molar-refractivity contribution < 1.29 is 14.3 Å². The number of hydrogen-bond acceptors (Lipinski definition) is 4. The molecule has 2 rings (SSSR count). The summed E-state index contributed by atoms with van der Waals surface area (Å²) in [6.45, 7) is 1.81. The van der Waals surface area contributed by atoms with E-state index < -0.39 is 0 Å². The van der Waals surface area contributed by atoms with Gasteiger partial charge < -0.3 is 14.8 Å². The number of ether oxygens (including phenoxy) is 2. The highest BCUT2D eigenvalue weighted by Gasteiger charge is 2.10. The second kappa shape index (κ2) is 9.50. The predicted molar refractivity (Wildman–Crippen MR) is 101 cm³/mol. The minimum absolute atomic E-state index is 0.0616. The van der Waals surface area contributed by atoms with Crippen LogP contribution in [-0.4, -0.2) is 19.6 Å². The summed E-state index contributed by atoms with van der Waals surface area (Å²) in [7, 11) is 1.51. The van der Waals surface area contributed by atoms with Crippen LogP contribution in [0.25, 0.3) is 6.08 Å². The normalized spacial score (nSPS) is 11.6. The zero-order valence-electron chi connectivity index (χ0n) is 14.5. The Morgan fingerprint density at radius 1 is 1.31 bits per heavy atom. The van der Waals surface area contributed by atoms with Gasteiger partial charge in [0.1, 0.15) is 6.07 Å². The number of rotatable bonds is 7. The highest BCUT2D eigenvalue weighted by atomic mass is 35.5. The Balaban J connectivity index is 2.03. The number of methoxy groups -OCH3 is 1. The third kappa shape index (κ3) is 5.27. The van der Waals surface area contributed by atoms with Gasteiger partial charge in [0, 0.05) is 11.1 Å². The lowest BCUT2D eigenvalue weighted by Crippen LogP contribution is -2.24. The number of halogens is 1. The summed E-state index contributed by atoms with van der Waals surface area (Å²) < 4.78 is 10.5. The molecule has 134 valence electrons. The zero-order chi connectivity index (χ0) is 18.9. The van der Waals surface area contributed by atoms with E-state index in [1.165, 1.54) is 13.2 Å². The molecule has 1 N–H and O–H groups in total. The number of amides is 1. The van der Waals surface area contributed by atoms with Gasteiger partial charge in [0.05, 0.1) is 13.2 Å². The highest BCUT2D eigenvalue weighted by Crippen LogP contribution is 2.28. The first-order valence-electron chi connectivity index (χ1n) is 7.96. The molecule has 6 heteroatoms. The Hall–Kier alpha value is -2.97. The topological polar surface area (TPSA) is 71.3 Å². The molecule has 2 aromatic carbocycles. The summed E-state index contributed by atoms with van der Waals surface area (Å²) in [6, 6.07) is 14.3. The molecule has 0 aliphatic rings. The quantitative estimate of drug-likeness (QED) is 0.743. The Morgan fingerprint density at radius 3 is 2.77 bits per heavy atom. The van der Waals surface area contributed by atoms with Gasteiger partial charge in [-0.05, 0) is 42.3 Å². The fourth-order valence-corrected chi connectivity index (χ4v) is 2.65. The van der Waals surface area contributed by atoms with Crippen LogP contribution in [0.4, 0.5) is 0 Å². The summed E-state index contributed by atoms with van der Waals surface area (Å²) >= 11 is 6.14. The number of nitrogens with zero attached hydrogens (tertiary/aromatic N) is 1. The largest absolute Gasteiger partial charge is 0.493 e. The minimum Gasteiger partial charge on any atom is -0.493 e. The van der Waals surface area contributed by atoms with Crippen molar-refractivity contribution in [3.8, 4) is 17.6 Å². The zero-order valence-corrected chi connectivity index (χ0v) is 15.3. The third-order valence-corrected chi connectivity index (χ3v) is 3.98. The van der Waals surface area contributed by atoms with Crippen molar-refractivity contribution in [2.45, 2.75) is 13.0 Å². The summed E-state index contributed by atoms with van der Waals surface area (Å²) in [5.41, 5.74) is 1.63. The Labute approximate surface area is 157 Å². The smallest absolute Gasteiger partial charge is 0.244 e. The van der Waals surface area contributed by atoms with E-state index in [1.807, 2.05) is 31.2 Å². The molecule has 0 radical (unpaired) electrons. The number of hydrogen-bond donors (Lipinski definition) is 1. The van der Waals surface area contributed by atoms with E-state index in [4.69, 9.17) is 26.3 Å². The van der Waals surface area contributed by atoms with Crippen molar-refractivity contribution in [1.29, 1.82) is 5.26 Å². The van der Waals surface area contributed by atoms with Crippen molar-refractivity contribution in [3.63, 3.8) is 0 Å². The molecule has 0 bridgehead atoms. The van der Waals surface area contributed by atoms with E-state index in [0.717, 1.165) is 11.1 Å². The van der Waals surface area contributed by atoms with Crippen LogP contribution in [0.5, 0.6) is 11.5 Å². The van der Waals surface area contributed by atoms with E-state index in [1.54, 1.807) is 30.3 Å². The van der Waals surface area contributed by atoms with Crippen LogP contribution in [0.1, 0.15) is 24.1 Å². The summed E-state index contributed by atoms with van der Waals surface area (Å²) in [5.74, 6) is 0.733. The Bertz CT molecular complexity index is 843. The first kappa shape index (κ1) is 19.4.